The minimum atomic E-state index is 0.613. The molecule has 0 saturated carbocycles. The maximum atomic E-state index is 5.19. The first-order chi connectivity index (χ1) is 6.33. The van der Waals surface area contributed by atoms with Crippen molar-refractivity contribution in [2.24, 2.45) is 0 Å². The molecule has 0 saturated heterocycles. The average molecular weight is 177 g/mol. The van der Waals surface area contributed by atoms with Crippen molar-refractivity contribution in [1.82, 2.24) is 5.32 Å². The van der Waals surface area contributed by atoms with Gasteiger partial charge in [0.15, 0.2) is 0 Å². The van der Waals surface area contributed by atoms with Crippen LogP contribution >= 0.6 is 0 Å². The van der Waals surface area contributed by atoms with Gasteiger partial charge < -0.3 is 10.1 Å². The lowest BCUT2D eigenvalue weighted by atomic mass is 10.1. The number of benzene rings is 1. The highest BCUT2D eigenvalue weighted by Gasteiger charge is 2.19. The smallest absolute Gasteiger partial charge is 0.119 e. The van der Waals surface area contributed by atoms with Gasteiger partial charge in [0.25, 0.3) is 0 Å². The van der Waals surface area contributed by atoms with Crippen LogP contribution in [0.15, 0.2) is 18.2 Å². The van der Waals surface area contributed by atoms with Crippen LogP contribution < -0.4 is 10.1 Å². The second-order valence-electron chi connectivity index (χ2n) is 3.53. The molecule has 1 aromatic rings. The van der Waals surface area contributed by atoms with E-state index in [9.17, 15) is 0 Å². The standard InChI is InChI=1S/C11H15NO/c1-12-10-5-8-3-4-11(13-2)7-9(8)6-10/h3-4,7,10,12H,5-6H2,1-2H3. The summed E-state index contributed by atoms with van der Waals surface area (Å²) in [5, 5.41) is 3.31. The number of rotatable bonds is 2. The number of hydrogen-bond acceptors (Lipinski definition) is 2. The maximum Gasteiger partial charge on any atom is 0.119 e. The molecule has 0 fully saturated rings. The van der Waals surface area contributed by atoms with Gasteiger partial charge in [-0.3, -0.25) is 0 Å². The zero-order valence-corrected chi connectivity index (χ0v) is 8.13. The highest BCUT2D eigenvalue weighted by atomic mass is 16.5. The molecular weight excluding hydrogens is 162 g/mol. The summed E-state index contributed by atoms with van der Waals surface area (Å²) in [4.78, 5) is 0. The molecule has 0 bridgehead atoms. The Balaban J connectivity index is 2.25. The van der Waals surface area contributed by atoms with Crippen LogP contribution in [0.25, 0.3) is 0 Å². The molecule has 0 radical (unpaired) electrons. The third-order valence-electron chi connectivity index (χ3n) is 2.75. The van der Waals surface area contributed by atoms with Crippen LogP contribution in [0.4, 0.5) is 0 Å². The molecular formula is C11H15NO. The topological polar surface area (TPSA) is 21.3 Å². The fourth-order valence-corrected chi connectivity index (χ4v) is 1.93. The Hall–Kier alpha value is -1.02. The Morgan fingerprint density at radius 1 is 1.31 bits per heavy atom. The van der Waals surface area contributed by atoms with Gasteiger partial charge in [-0.2, -0.15) is 0 Å². The first-order valence-corrected chi connectivity index (χ1v) is 4.66. The summed E-state index contributed by atoms with van der Waals surface area (Å²) < 4.78 is 5.19. The summed E-state index contributed by atoms with van der Waals surface area (Å²) in [6.07, 6.45) is 2.28. The Morgan fingerprint density at radius 3 is 2.77 bits per heavy atom. The first-order valence-electron chi connectivity index (χ1n) is 4.66. The van der Waals surface area contributed by atoms with Crippen molar-refractivity contribution in [3.8, 4) is 5.75 Å². The van der Waals surface area contributed by atoms with Gasteiger partial charge in [-0.05, 0) is 43.1 Å². The second-order valence-corrected chi connectivity index (χ2v) is 3.53. The van der Waals surface area contributed by atoms with E-state index in [4.69, 9.17) is 4.74 Å². The lowest BCUT2D eigenvalue weighted by Gasteiger charge is -2.04. The second kappa shape index (κ2) is 3.38. The van der Waals surface area contributed by atoms with Crippen LogP contribution in [0, 0.1) is 0 Å². The van der Waals surface area contributed by atoms with E-state index in [2.05, 4.69) is 17.4 Å². The Kier molecular flexibility index (Phi) is 2.23. The molecule has 2 heteroatoms. The summed E-state index contributed by atoms with van der Waals surface area (Å²) in [6, 6.07) is 6.97. The van der Waals surface area contributed by atoms with Gasteiger partial charge in [-0.15, -0.1) is 0 Å². The number of methoxy groups -OCH3 is 1. The van der Waals surface area contributed by atoms with Gasteiger partial charge in [0.1, 0.15) is 5.75 Å². The minimum Gasteiger partial charge on any atom is -0.497 e. The third kappa shape index (κ3) is 1.54. The predicted octanol–water partition coefficient (Wildman–Crippen LogP) is 1.38. The van der Waals surface area contributed by atoms with Crippen LogP contribution in [0.2, 0.25) is 0 Å². The van der Waals surface area contributed by atoms with Crippen molar-refractivity contribution < 1.29 is 4.74 Å². The van der Waals surface area contributed by atoms with Crippen LogP contribution in [-0.4, -0.2) is 20.2 Å². The van der Waals surface area contributed by atoms with Gasteiger partial charge >= 0.3 is 0 Å². The fourth-order valence-electron chi connectivity index (χ4n) is 1.93. The molecule has 1 aliphatic carbocycles. The van der Waals surface area contributed by atoms with Crippen LogP contribution in [0.1, 0.15) is 11.1 Å². The average Bonchev–Trinajstić information content (AvgIpc) is 2.58. The molecule has 2 nitrogen and oxygen atoms in total. The Labute approximate surface area is 78.9 Å². The van der Waals surface area contributed by atoms with Crippen molar-refractivity contribution in [1.29, 1.82) is 0 Å². The molecule has 13 heavy (non-hydrogen) atoms. The molecule has 1 atom stereocenters. The number of likely N-dealkylation sites (N-methyl/N-ethyl adjacent to an activating group) is 1. The molecule has 1 unspecified atom stereocenters. The van der Waals surface area contributed by atoms with Crippen molar-refractivity contribution in [3.05, 3.63) is 29.3 Å². The van der Waals surface area contributed by atoms with E-state index < -0.39 is 0 Å². The van der Waals surface area contributed by atoms with E-state index in [1.54, 1.807) is 7.11 Å². The van der Waals surface area contributed by atoms with E-state index in [1.807, 2.05) is 13.1 Å². The SMILES string of the molecule is CNC1Cc2ccc(OC)cc2C1. The molecule has 1 aliphatic rings. The summed E-state index contributed by atoms with van der Waals surface area (Å²) in [7, 11) is 3.74. The number of fused-ring (bicyclic) bond motifs is 1. The molecule has 0 aromatic heterocycles. The van der Waals surface area contributed by atoms with E-state index in [-0.39, 0.29) is 0 Å². The van der Waals surface area contributed by atoms with Crippen molar-refractivity contribution >= 4 is 0 Å². The molecule has 70 valence electrons. The molecule has 0 aliphatic heterocycles. The van der Waals surface area contributed by atoms with Gasteiger partial charge in [0, 0.05) is 6.04 Å². The number of hydrogen-bond donors (Lipinski definition) is 1. The van der Waals surface area contributed by atoms with Gasteiger partial charge in [0.2, 0.25) is 0 Å². The van der Waals surface area contributed by atoms with E-state index >= 15 is 0 Å². The lowest BCUT2D eigenvalue weighted by molar-refractivity contribution is 0.414. The minimum absolute atomic E-state index is 0.613. The fraction of sp³-hybridized carbons (Fsp3) is 0.455. The highest BCUT2D eigenvalue weighted by Crippen LogP contribution is 2.25. The van der Waals surface area contributed by atoms with Crippen LogP contribution in [-0.2, 0) is 12.8 Å². The molecule has 2 rings (SSSR count). The number of ether oxygens (including phenoxy) is 1. The van der Waals surface area contributed by atoms with Gasteiger partial charge in [-0.25, -0.2) is 0 Å². The largest absolute Gasteiger partial charge is 0.497 e. The van der Waals surface area contributed by atoms with E-state index in [0.717, 1.165) is 18.6 Å². The zero-order chi connectivity index (χ0) is 9.26. The normalized spacial score (nSPS) is 20.0. The maximum absolute atomic E-state index is 5.19. The van der Waals surface area contributed by atoms with Crippen molar-refractivity contribution in [2.45, 2.75) is 18.9 Å². The van der Waals surface area contributed by atoms with Gasteiger partial charge in [-0.1, -0.05) is 6.07 Å². The van der Waals surface area contributed by atoms with E-state index in [0.29, 0.717) is 6.04 Å². The summed E-state index contributed by atoms with van der Waals surface area (Å²) in [6.45, 7) is 0. The monoisotopic (exact) mass is 177 g/mol. The van der Waals surface area contributed by atoms with Crippen LogP contribution in [0.3, 0.4) is 0 Å². The highest BCUT2D eigenvalue weighted by molar-refractivity contribution is 5.39. The predicted molar refractivity (Wildman–Crippen MR) is 53.2 cm³/mol. The Bertz CT molecular complexity index is 309. The van der Waals surface area contributed by atoms with Gasteiger partial charge in [0.05, 0.1) is 7.11 Å². The molecule has 0 amide bonds. The van der Waals surface area contributed by atoms with Crippen molar-refractivity contribution in [2.75, 3.05) is 14.2 Å². The number of nitrogens with one attached hydrogen (secondary N) is 1. The zero-order valence-electron chi connectivity index (χ0n) is 8.13. The van der Waals surface area contributed by atoms with Crippen molar-refractivity contribution in [3.63, 3.8) is 0 Å². The summed E-state index contributed by atoms with van der Waals surface area (Å²) in [5.41, 5.74) is 2.89. The molecule has 1 aromatic carbocycles. The molecule has 1 N–H and O–H groups in total. The Morgan fingerprint density at radius 2 is 2.08 bits per heavy atom. The molecule has 0 spiro atoms. The summed E-state index contributed by atoms with van der Waals surface area (Å²) in [5.74, 6) is 0.968. The first kappa shape index (κ1) is 8.57. The lowest BCUT2D eigenvalue weighted by Crippen LogP contribution is -2.24. The van der Waals surface area contributed by atoms with E-state index in [1.165, 1.54) is 11.1 Å². The quantitative estimate of drug-likeness (QED) is 0.737. The van der Waals surface area contributed by atoms with Crippen LogP contribution in [0.5, 0.6) is 5.75 Å². The third-order valence-corrected chi connectivity index (χ3v) is 2.75. The summed E-state index contributed by atoms with van der Waals surface area (Å²) >= 11 is 0. The molecule has 0 heterocycles.